The summed E-state index contributed by atoms with van der Waals surface area (Å²) in [5, 5.41) is 2.51. The molecule has 1 aromatic heterocycles. The summed E-state index contributed by atoms with van der Waals surface area (Å²) < 4.78 is 0. The first-order valence-corrected chi connectivity index (χ1v) is 16.8. The molecule has 2 bridgehead atoms. The lowest BCUT2D eigenvalue weighted by Gasteiger charge is -2.43. The van der Waals surface area contributed by atoms with Crippen LogP contribution in [0.25, 0.3) is 48.9 Å². The van der Waals surface area contributed by atoms with Crippen LogP contribution in [0.4, 0.5) is 5.69 Å². The fourth-order valence-corrected chi connectivity index (χ4v) is 10.4. The summed E-state index contributed by atoms with van der Waals surface area (Å²) in [6.07, 6.45) is 0. The van der Waals surface area contributed by atoms with Gasteiger partial charge in [0.15, 0.2) is 5.69 Å². The Morgan fingerprint density at radius 2 is 0.958 bits per heavy atom. The summed E-state index contributed by atoms with van der Waals surface area (Å²) in [6, 6.07) is 51.9. The van der Waals surface area contributed by atoms with Gasteiger partial charge in [0.25, 0.3) is 0 Å². The SMILES string of the molecule is [C-]#[N+]c1cc2[nH]c3cc4c(cc3c2c2c1C1c3ccccc3C2c2ccccc21)C1(c2ccccc2-c2ccccc21)c1ccccc1-4. The molecule has 0 amide bonds. The number of nitrogens with one attached hydrogen (secondary N) is 1. The van der Waals surface area contributed by atoms with Crippen molar-refractivity contribution in [2.75, 3.05) is 0 Å². The van der Waals surface area contributed by atoms with Crippen molar-refractivity contribution in [1.82, 2.24) is 4.98 Å². The maximum absolute atomic E-state index is 8.39. The molecule has 1 heterocycles. The zero-order valence-electron chi connectivity index (χ0n) is 25.9. The Labute approximate surface area is 277 Å². The number of nitrogens with zero attached hydrogens (tertiary/aromatic N) is 1. The predicted molar refractivity (Wildman–Crippen MR) is 193 cm³/mol. The molecule has 0 aliphatic heterocycles. The molecular weight excluding hydrogens is 581 g/mol. The van der Waals surface area contributed by atoms with Crippen LogP contribution in [-0.2, 0) is 5.41 Å². The van der Waals surface area contributed by atoms with Crippen molar-refractivity contribution in [3.8, 4) is 22.3 Å². The van der Waals surface area contributed by atoms with Crippen LogP contribution in [0.1, 0.15) is 67.5 Å². The number of benzene rings is 7. The molecule has 0 atom stereocenters. The van der Waals surface area contributed by atoms with Gasteiger partial charge in [-0.2, -0.15) is 0 Å². The molecule has 0 saturated heterocycles. The normalized spacial score (nSPS) is 17.7. The van der Waals surface area contributed by atoms with Crippen LogP contribution in [0.15, 0.2) is 140 Å². The molecule has 8 aromatic rings. The second-order valence-corrected chi connectivity index (χ2v) is 13.8. The van der Waals surface area contributed by atoms with Gasteiger partial charge in [-0.05, 0) is 96.1 Å². The fourth-order valence-electron chi connectivity index (χ4n) is 10.4. The molecule has 0 radical (unpaired) electrons. The highest BCUT2D eigenvalue weighted by molar-refractivity contribution is 6.14. The largest absolute Gasteiger partial charge is 0.356 e. The van der Waals surface area contributed by atoms with Gasteiger partial charge in [0.05, 0.1) is 12.0 Å². The summed E-state index contributed by atoms with van der Waals surface area (Å²) in [6.45, 7) is 8.39. The van der Waals surface area contributed by atoms with Crippen molar-refractivity contribution in [2.24, 2.45) is 0 Å². The fraction of sp³-hybridized carbons (Fsp3) is 0.0652. The van der Waals surface area contributed by atoms with Crippen LogP contribution < -0.4 is 0 Å². The van der Waals surface area contributed by atoms with Gasteiger partial charge in [0.2, 0.25) is 0 Å². The summed E-state index contributed by atoms with van der Waals surface area (Å²) in [5.41, 5.74) is 21.1. The first kappa shape index (κ1) is 25.0. The van der Waals surface area contributed by atoms with E-state index in [9.17, 15) is 0 Å². The van der Waals surface area contributed by atoms with Gasteiger partial charge in [-0.3, -0.25) is 0 Å². The molecule has 7 aromatic carbocycles. The third kappa shape index (κ3) is 2.64. The van der Waals surface area contributed by atoms with Crippen LogP contribution in [0.2, 0.25) is 0 Å². The molecule has 1 N–H and O–H groups in total. The highest BCUT2D eigenvalue weighted by Crippen LogP contribution is 2.64. The van der Waals surface area contributed by atoms with E-state index < -0.39 is 5.41 Å². The summed E-state index contributed by atoms with van der Waals surface area (Å²) in [4.78, 5) is 8.04. The second kappa shape index (κ2) is 8.40. The van der Waals surface area contributed by atoms with Crippen LogP contribution in [-0.4, -0.2) is 4.98 Å². The predicted octanol–water partition coefficient (Wildman–Crippen LogP) is 11.2. The first-order chi connectivity index (χ1) is 23.8. The van der Waals surface area contributed by atoms with Gasteiger partial charge in [-0.25, -0.2) is 4.85 Å². The summed E-state index contributed by atoms with van der Waals surface area (Å²) in [5.74, 6) is 0.127. The van der Waals surface area contributed by atoms with Crippen molar-refractivity contribution in [1.29, 1.82) is 0 Å². The number of rotatable bonds is 0. The van der Waals surface area contributed by atoms with E-state index in [0.29, 0.717) is 0 Å². The minimum absolute atomic E-state index is 0.0504. The monoisotopic (exact) mass is 606 g/mol. The lowest BCUT2D eigenvalue weighted by Crippen LogP contribution is -2.27. The average Bonchev–Trinajstić information content (AvgIpc) is 3.76. The topological polar surface area (TPSA) is 20.1 Å². The average molecular weight is 607 g/mol. The van der Waals surface area contributed by atoms with Gasteiger partial charge < -0.3 is 4.98 Å². The molecule has 220 valence electrons. The number of aromatic nitrogens is 1. The van der Waals surface area contributed by atoms with E-state index >= 15 is 0 Å². The van der Waals surface area contributed by atoms with E-state index in [-0.39, 0.29) is 11.8 Å². The van der Waals surface area contributed by atoms with Crippen molar-refractivity contribution in [3.63, 3.8) is 0 Å². The Kier molecular flexibility index (Phi) is 4.37. The Morgan fingerprint density at radius 3 is 1.50 bits per heavy atom. The standard InChI is InChI=1S/C46H26N2/c1-47-39-24-40-43(45-42-30-17-4-2-15-28(30)41(44(39)45)29-16-3-5-18-31(29)42)33-22-37-32(23-38(33)48-40)27-14-8-11-21-36(27)46(37)34-19-9-6-12-25(34)26-13-7-10-20-35(26)46/h2-24,41-42,48H. The minimum Gasteiger partial charge on any atom is -0.356 e. The highest BCUT2D eigenvalue weighted by atomic mass is 14.7. The van der Waals surface area contributed by atoms with E-state index in [1.54, 1.807) is 0 Å². The Balaban J connectivity index is 1.25. The highest BCUT2D eigenvalue weighted by Gasteiger charge is 2.52. The van der Waals surface area contributed by atoms with Crippen LogP contribution in [0.5, 0.6) is 0 Å². The van der Waals surface area contributed by atoms with Crippen molar-refractivity contribution in [2.45, 2.75) is 17.3 Å². The van der Waals surface area contributed by atoms with E-state index in [1.165, 1.54) is 88.7 Å². The smallest absolute Gasteiger partial charge is 0.193 e. The van der Waals surface area contributed by atoms with Gasteiger partial charge >= 0.3 is 0 Å². The molecule has 2 nitrogen and oxygen atoms in total. The summed E-state index contributed by atoms with van der Waals surface area (Å²) in [7, 11) is 0. The van der Waals surface area contributed by atoms with Crippen LogP contribution in [0, 0.1) is 6.57 Å². The number of aromatic amines is 1. The molecule has 13 rings (SSSR count). The Hall–Kier alpha value is -6.17. The third-order valence-corrected chi connectivity index (χ3v) is 12.0. The lowest BCUT2D eigenvalue weighted by molar-refractivity contribution is 0.764. The first-order valence-electron chi connectivity index (χ1n) is 16.8. The number of hydrogen-bond acceptors (Lipinski definition) is 0. The molecule has 5 aliphatic rings. The zero-order chi connectivity index (χ0) is 31.3. The molecule has 0 saturated carbocycles. The van der Waals surface area contributed by atoms with Crippen molar-refractivity contribution >= 4 is 27.5 Å². The lowest BCUT2D eigenvalue weighted by atomic mass is 9.60. The summed E-state index contributed by atoms with van der Waals surface area (Å²) >= 11 is 0. The number of fused-ring (bicyclic) bond motifs is 13. The maximum Gasteiger partial charge on any atom is 0.193 e. The number of hydrogen-bond donors (Lipinski definition) is 1. The molecule has 2 heteroatoms. The molecular formula is C46H26N2. The molecule has 0 unspecified atom stereocenters. The Bertz CT molecular complexity index is 2730. The third-order valence-electron chi connectivity index (χ3n) is 12.0. The van der Waals surface area contributed by atoms with Crippen LogP contribution >= 0.6 is 0 Å². The van der Waals surface area contributed by atoms with E-state index in [4.69, 9.17) is 6.57 Å². The molecule has 1 spiro atoms. The maximum atomic E-state index is 8.39. The van der Waals surface area contributed by atoms with Gasteiger partial charge in [0, 0.05) is 33.6 Å². The van der Waals surface area contributed by atoms with Gasteiger partial charge in [-0.1, -0.05) is 121 Å². The van der Waals surface area contributed by atoms with Gasteiger partial charge in [-0.15, -0.1) is 0 Å². The quantitative estimate of drug-likeness (QED) is 0.166. The number of H-pyrrole nitrogens is 1. The minimum atomic E-state index is -0.397. The molecule has 5 aliphatic carbocycles. The van der Waals surface area contributed by atoms with Gasteiger partial charge in [0.1, 0.15) is 0 Å². The van der Waals surface area contributed by atoms with Crippen molar-refractivity contribution < 1.29 is 0 Å². The van der Waals surface area contributed by atoms with Crippen LogP contribution in [0.3, 0.4) is 0 Å². The zero-order valence-corrected chi connectivity index (χ0v) is 25.9. The van der Waals surface area contributed by atoms with Crippen molar-refractivity contribution in [3.05, 3.63) is 207 Å². The van der Waals surface area contributed by atoms with E-state index in [0.717, 1.165) is 16.7 Å². The molecule has 48 heavy (non-hydrogen) atoms. The molecule has 0 fully saturated rings. The van der Waals surface area contributed by atoms with E-state index in [1.807, 2.05) is 0 Å². The Morgan fingerprint density at radius 1 is 0.479 bits per heavy atom. The van der Waals surface area contributed by atoms with E-state index in [2.05, 4.69) is 149 Å². The second-order valence-electron chi connectivity index (χ2n) is 13.8.